The molecular formula is C55H35NO. The van der Waals surface area contributed by atoms with E-state index < -0.39 is 323 Å². The number of nitrogens with zero attached hydrogens (tertiary/aromatic N) is 1. The molecule has 2 nitrogen and oxygen atoms in total. The predicted octanol–water partition coefficient (Wildman–Crippen LogP) is 14.7. The van der Waals surface area contributed by atoms with Crippen LogP contribution in [0, 0.1) is 0 Å². The third-order valence-corrected chi connectivity index (χ3v) is 9.69. The van der Waals surface area contributed by atoms with Crippen molar-refractivity contribution in [3.63, 3.8) is 0 Å². The van der Waals surface area contributed by atoms with Crippen LogP contribution in [0.15, 0.2) is 216 Å². The number of hydrogen-bond donors (Lipinski definition) is 0. The summed E-state index contributed by atoms with van der Waals surface area (Å²) >= 11 is 0. The van der Waals surface area contributed by atoms with Gasteiger partial charge in [-0.25, -0.2) is 0 Å². The second-order valence-electron chi connectivity index (χ2n) is 12.5. The van der Waals surface area contributed by atoms with Crippen molar-refractivity contribution in [1.82, 2.24) is 0 Å². The van der Waals surface area contributed by atoms with Crippen LogP contribution in [0.25, 0.3) is 66.4 Å². The Kier molecular flexibility index (Phi) is 2.76. The van der Waals surface area contributed by atoms with Gasteiger partial charge in [-0.1, -0.05) is 169 Å². The highest BCUT2D eigenvalue weighted by Gasteiger charge is 2.51. The molecule has 0 unspecified atom stereocenters. The fourth-order valence-electron chi connectivity index (χ4n) is 7.37. The van der Waals surface area contributed by atoms with Crippen molar-refractivity contribution < 1.29 is 52.4 Å². The van der Waals surface area contributed by atoms with E-state index in [0.717, 1.165) is 0 Å². The van der Waals surface area contributed by atoms with Crippen LogP contribution in [-0.2, 0) is 5.41 Å². The molecule has 0 fully saturated rings. The molecule has 0 atom stereocenters. The molecule has 57 heavy (non-hydrogen) atoms. The Balaban J connectivity index is 1.31. The van der Waals surface area contributed by atoms with Crippen LogP contribution in [-0.4, -0.2) is 0 Å². The average Bonchev–Trinajstić information content (AvgIpc) is 1.47. The summed E-state index contributed by atoms with van der Waals surface area (Å²) in [5.74, 6) is 0. The van der Waals surface area contributed by atoms with Gasteiger partial charge in [0.1, 0.15) is 11.2 Å². The summed E-state index contributed by atoms with van der Waals surface area (Å²) in [7, 11) is 0. The first-order valence-electron chi connectivity index (χ1n) is 34.3. The van der Waals surface area contributed by atoms with Gasteiger partial charge in [-0.2, -0.15) is 0 Å². The number of fused-ring (bicyclic) bond motifs is 13. The van der Waals surface area contributed by atoms with Gasteiger partial charge in [0.2, 0.25) is 0 Å². The largest absolute Gasteiger partial charge is 0.455 e. The monoisotopic (exact) mass is 760 g/mol. The van der Waals surface area contributed by atoms with Gasteiger partial charge in [0.15, 0.2) is 0 Å². The third kappa shape index (κ3) is 4.59. The normalized spacial score (nSPS) is 21.6. The molecule has 0 amide bonds. The Morgan fingerprint density at radius 1 is 0.351 bits per heavy atom. The zero-order valence-corrected chi connectivity index (χ0v) is 28.4. The first-order chi connectivity index (χ1) is 42.8. The van der Waals surface area contributed by atoms with Gasteiger partial charge >= 0.3 is 0 Å². The molecule has 2 aliphatic carbocycles. The summed E-state index contributed by atoms with van der Waals surface area (Å²) in [5, 5.41) is -1.03. The number of para-hydroxylation sites is 2. The van der Waals surface area contributed by atoms with Crippen LogP contribution >= 0.6 is 0 Å². The lowest BCUT2D eigenvalue weighted by atomic mass is 9.70. The first-order valence-corrected chi connectivity index (χ1v) is 16.8. The van der Waals surface area contributed by atoms with Crippen molar-refractivity contribution in [3.8, 4) is 44.5 Å². The van der Waals surface area contributed by atoms with E-state index in [9.17, 15) is 24.7 Å². The lowest BCUT2D eigenvalue weighted by Crippen LogP contribution is -2.26. The van der Waals surface area contributed by atoms with Gasteiger partial charge in [-0.05, 0) is 103 Å². The van der Waals surface area contributed by atoms with E-state index in [0.29, 0.717) is 0 Å². The highest BCUT2D eigenvalue weighted by molar-refractivity contribution is 6.09. The minimum atomic E-state index is -3.07. The Morgan fingerprint density at radius 3 is 1.47 bits per heavy atom. The minimum Gasteiger partial charge on any atom is -0.455 e. The second kappa shape index (κ2) is 12.3. The van der Waals surface area contributed by atoms with Crippen LogP contribution in [0.1, 0.15) is 70.2 Å². The van der Waals surface area contributed by atoms with Crippen molar-refractivity contribution in [2.45, 2.75) is 5.41 Å². The van der Waals surface area contributed by atoms with E-state index in [1.807, 2.05) is 0 Å². The molecule has 0 aliphatic heterocycles. The van der Waals surface area contributed by atoms with Gasteiger partial charge in [-0.3, -0.25) is 0 Å². The molecule has 2 heteroatoms. The maximum absolute atomic E-state index is 10.7. The van der Waals surface area contributed by atoms with Crippen molar-refractivity contribution in [2.75, 3.05) is 4.90 Å². The number of rotatable bonds is 5. The van der Waals surface area contributed by atoms with E-state index in [-0.39, 0.29) is 4.90 Å². The van der Waals surface area contributed by atoms with Crippen LogP contribution in [0.4, 0.5) is 17.1 Å². The Bertz CT molecular complexity index is 5060. The maximum atomic E-state index is 10.7. The molecule has 9 aromatic carbocycles. The lowest BCUT2D eigenvalue weighted by Gasteiger charge is -2.32. The van der Waals surface area contributed by atoms with Gasteiger partial charge in [-0.15, -0.1) is 0 Å². The SMILES string of the molecule is [2H]c1c([2H])c([2H])c(-c2c([2H])c([2H])c(N(c3c([2H])c([2H])c(-c4c([2H])c([2H])c([2H])c5c4oc4c([2H])c([2H])c([2H])c([2H])c45)c([2H])c3[2H])c3c([2H])c([2H])c4c(c3[2H])C3(c5c([2H])c([2H])c([2H])c([2H])c5-c5c([2H])c([2H])c([2H])c([2H])c53)c3c([2H])c([2H])c([2H])c([2H])c3-4)c([2H])c2[2H])c([2H])c1[2H]. The number of benzene rings is 9. The van der Waals surface area contributed by atoms with E-state index in [2.05, 4.69) is 0 Å². The predicted molar refractivity (Wildman–Crippen MR) is 236 cm³/mol. The molecular weight excluding hydrogens is 691 g/mol. The van der Waals surface area contributed by atoms with Crippen molar-refractivity contribution in [3.05, 3.63) is 234 Å². The molecule has 1 aromatic heterocycles. The maximum Gasteiger partial charge on any atom is 0.143 e. The third-order valence-electron chi connectivity index (χ3n) is 9.69. The second-order valence-corrected chi connectivity index (χ2v) is 12.5. The number of hydrogen-bond acceptors (Lipinski definition) is 2. The van der Waals surface area contributed by atoms with E-state index in [4.69, 9.17) is 27.7 Å². The molecule has 0 N–H and O–H groups in total. The molecule has 2 aliphatic rings. The van der Waals surface area contributed by atoms with E-state index in [1.165, 1.54) is 0 Å². The highest BCUT2D eigenvalue weighted by atomic mass is 16.3. The molecule has 0 radical (unpaired) electrons. The summed E-state index contributed by atoms with van der Waals surface area (Å²) in [4.78, 5) is 0.259. The Labute approximate surface area is 380 Å². The average molecular weight is 761 g/mol. The lowest BCUT2D eigenvalue weighted by molar-refractivity contribution is 0.670. The minimum absolute atomic E-state index is 0.259. The summed E-state index contributed by atoms with van der Waals surface area (Å²) in [6, 6.07) is -38.1. The highest BCUT2D eigenvalue weighted by Crippen LogP contribution is 2.63. The standard InChI is InChI=1S/C55H35NO/c1-2-13-36(14-3-1)37-25-29-39(30-26-37)56(40-31-27-38(28-32-40)42-19-12-20-48-47-18-7-11-24-53(47)57-54(42)48)41-33-34-46-45-17-6-10-23-51(45)55(52(46)35-41)49-21-8-4-15-43(49)44-16-5-9-22-50(44)55/h1-35H/i1D,2D,3D,4D,5D,6D,7D,8D,9D,10D,11D,12D,13D,14D,15D,16D,17D,18D,19D,20D,21D,22D,23D,24D,25D,26D,27D,28D,29D,30D,31D,32D,33D,34D,35D. The van der Waals surface area contributed by atoms with Gasteiger partial charge < -0.3 is 9.32 Å². The fourth-order valence-corrected chi connectivity index (χ4v) is 7.37. The quantitative estimate of drug-likeness (QED) is 0.174. The van der Waals surface area contributed by atoms with E-state index >= 15 is 0 Å². The van der Waals surface area contributed by atoms with E-state index in [1.54, 1.807) is 0 Å². The molecule has 0 bridgehead atoms. The summed E-state index contributed by atoms with van der Waals surface area (Å²) in [5.41, 5.74) is -18.2. The summed E-state index contributed by atoms with van der Waals surface area (Å²) in [6.07, 6.45) is 0. The fraction of sp³-hybridized carbons (Fsp3) is 0.0182. The number of anilines is 3. The summed E-state index contributed by atoms with van der Waals surface area (Å²) < 4.78 is 329. The molecule has 0 saturated carbocycles. The molecule has 10 aromatic rings. The van der Waals surface area contributed by atoms with Crippen LogP contribution in [0.2, 0.25) is 0 Å². The van der Waals surface area contributed by atoms with Crippen LogP contribution in [0.3, 0.4) is 0 Å². The zero-order valence-electron chi connectivity index (χ0n) is 63.4. The van der Waals surface area contributed by atoms with Gasteiger partial charge in [0.25, 0.3) is 0 Å². The summed E-state index contributed by atoms with van der Waals surface area (Å²) in [6.45, 7) is 0. The van der Waals surface area contributed by atoms with Crippen molar-refractivity contribution in [1.29, 1.82) is 0 Å². The Hall–Kier alpha value is -7.42. The Morgan fingerprint density at radius 2 is 0.825 bits per heavy atom. The topological polar surface area (TPSA) is 16.4 Å². The smallest absolute Gasteiger partial charge is 0.143 e. The zero-order chi connectivity index (χ0) is 68.0. The molecule has 0 saturated heterocycles. The molecule has 1 heterocycles. The van der Waals surface area contributed by atoms with Crippen LogP contribution < -0.4 is 4.90 Å². The molecule has 1 spiro atoms. The van der Waals surface area contributed by atoms with Gasteiger partial charge in [0, 0.05) is 33.4 Å². The van der Waals surface area contributed by atoms with Gasteiger partial charge in [0.05, 0.1) is 53.4 Å². The molecule has 266 valence electrons. The van der Waals surface area contributed by atoms with Crippen LogP contribution in [0.5, 0.6) is 0 Å². The van der Waals surface area contributed by atoms with Crippen molar-refractivity contribution in [2.24, 2.45) is 0 Å². The molecule has 12 rings (SSSR count). The first kappa shape index (κ1) is 12.8. The number of furan rings is 1. The van der Waals surface area contributed by atoms with Crippen molar-refractivity contribution >= 4 is 39.0 Å².